The molecule has 4 atom stereocenters. The summed E-state index contributed by atoms with van der Waals surface area (Å²) in [5.74, 6) is -0.660. The van der Waals surface area contributed by atoms with E-state index in [0.717, 1.165) is 5.56 Å². The van der Waals surface area contributed by atoms with Crippen LogP contribution in [0.15, 0.2) is 30.3 Å². The summed E-state index contributed by atoms with van der Waals surface area (Å²) in [5.41, 5.74) is 0.495. The summed E-state index contributed by atoms with van der Waals surface area (Å²) in [6.45, 7) is 4.65. The van der Waals surface area contributed by atoms with Gasteiger partial charge < -0.3 is 18.9 Å². The number of rotatable bonds is 3. The van der Waals surface area contributed by atoms with Crippen molar-refractivity contribution in [1.82, 2.24) is 0 Å². The van der Waals surface area contributed by atoms with E-state index in [1.54, 1.807) is 0 Å². The molecule has 1 aromatic rings. The predicted octanol–water partition coefficient (Wildman–Crippen LogP) is 3.64. The molecule has 4 nitrogen and oxygen atoms in total. The molecule has 3 aliphatic rings. The van der Waals surface area contributed by atoms with Gasteiger partial charge in [-0.1, -0.05) is 30.3 Å². The third-order valence-electron chi connectivity index (χ3n) is 4.84. The lowest BCUT2D eigenvalue weighted by Crippen LogP contribution is -2.52. The lowest BCUT2D eigenvalue weighted by atomic mass is 9.91. The van der Waals surface area contributed by atoms with E-state index in [1.165, 1.54) is 0 Å². The Bertz CT molecular complexity index is 592. The highest BCUT2D eigenvalue weighted by Gasteiger charge is 2.79. The normalized spacial score (nSPS) is 40.1. The van der Waals surface area contributed by atoms with Gasteiger partial charge in [0, 0.05) is 0 Å². The molecule has 1 saturated carbocycles. The van der Waals surface area contributed by atoms with Crippen molar-refractivity contribution in [2.75, 3.05) is 6.61 Å². The van der Waals surface area contributed by atoms with Gasteiger partial charge in [0.25, 0.3) is 0 Å². The molecule has 2 aliphatic heterocycles. The molecular formula is C17H20Cl2O4. The van der Waals surface area contributed by atoms with Crippen LogP contribution in [0.3, 0.4) is 0 Å². The fourth-order valence-corrected chi connectivity index (χ4v) is 4.53. The molecule has 3 fully saturated rings. The molecule has 4 rings (SSSR count). The second kappa shape index (κ2) is 5.32. The molecule has 0 N–H and O–H groups in total. The van der Waals surface area contributed by atoms with Crippen molar-refractivity contribution in [1.29, 1.82) is 0 Å². The minimum Gasteiger partial charge on any atom is -0.349 e. The highest BCUT2D eigenvalue weighted by atomic mass is 35.5. The largest absolute Gasteiger partial charge is 0.349 e. The van der Waals surface area contributed by atoms with Crippen LogP contribution in [-0.2, 0) is 25.6 Å². The maximum atomic E-state index is 6.48. The van der Waals surface area contributed by atoms with E-state index in [0.29, 0.717) is 19.6 Å². The Hall–Kier alpha value is -0.360. The van der Waals surface area contributed by atoms with Crippen LogP contribution in [0.5, 0.6) is 0 Å². The Morgan fingerprint density at radius 1 is 1.17 bits per heavy atom. The lowest BCUT2D eigenvalue weighted by Gasteiger charge is -2.39. The number of alkyl halides is 2. The first-order chi connectivity index (χ1) is 10.8. The zero-order chi connectivity index (χ0) is 16.3. The van der Waals surface area contributed by atoms with Crippen molar-refractivity contribution in [2.24, 2.45) is 5.41 Å². The van der Waals surface area contributed by atoms with Crippen LogP contribution in [0.1, 0.15) is 25.8 Å². The van der Waals surface area contributed by atoms with Gasteiger partial charge in [-0.2, -0.15) is 0 Å². The van der Waals surface area contributed by atoms with Gasteiger partial charge in [0.05, 0.1) is 18.6 Å². The van der Waals surface area contributed by atoms with E-state index < -0.39 is 21.8 Å². The van der Waals surface area contributed by atoms with E-state index in [-0.39, 0.29) is 12.2 Å². The van der Waals surface area contributed by atoms with Gasteiger partial charge in [0.15, 0.2) is 12.1 Å². The number of fused-ring (bicyclic) bond motifs is 2. The van der Waals surface area contributed by atoms with E-state index in [9.17, 15) is 0 Å². The molecule has 1 aliphatic carbocycles. The molecule has 126 valence electrons. The van der Waals surface area contributed by atoms with Crippen LogP contribution in [-0.4, -0.2) is 35.2 Å². The second-order valence-corrected chi connectivity index (χ2v) is 8.46. The molecule has 1 aromatic carbocycles. The average molecular weight is 359 g/mol. The summed E-state index contributed by atoms with van der Waals surface area (Å²) in [7, 11) is 0. The first-order valence-electron chi connectivity index (χ1n) is 7.85. The van der Waals surface area contributed by atoms with E-state index in [2.05, 4.69) is 0 Å². The highest BCUT2D eigenvalue weighted by molar-refractivity contribution is 6.51. The minimum atomic E-state index is -0.915. The lowest BCUT2D eigenvalue weighted by molar-refractivity contribution is -0.246. The number of hydrogen-bond donors (Lipinski definition) is 0. The van der Waals surface area contributed by atoms with Crippen LogP contribution < -0.4 is 0 Å². The quantitative estimate of drug-likeness (QED) is 0.773. The van der Waals surface area contributed by atoms with Crippen LogP contribution in [0.4, 0.5) is 0 Å². The third kappa shape index (κ3) is 2.60. The summed E-state index contributed by atoms with van der Waals surface area (Å²) in [6, 6.07) is 9.96. The van der Waals surface area contributed by atoms with Crippen LogP contribution in [0, 0.1) is 5.41 Å². The van der Waals surface area contributed by atoms with Crippen LogP contribution in [0.25, 0.3) is 0 Å². The first kappa shape index (κ1) is 16.1. The number of hydrogen-bond acceptors (Lipinski definition) is 4. The maximum absolute atomic E-state index is 6.48. The Kier molecular flexibility index (Phi) is 3.73. The topological polar surface area (TPSA) is 36.9 Å². The minimum absolute atomic E-state index is 0.166. The molecule has 0 amide bonds. The monoisotopic (exact) mass is 358 g/mol. The van der Waals surface area contributed by atoms with Crippen molar-refractivity contribution in [3.63, 3.8) is 0 Å². The van der Waals surface area contributed by atoms with E-state index in [4.69, 9.17) is 42.1 Å². The SMILES string of the molecule is CC1(C)O[C@H]2CO[C@H](OCc3ccccc3)[C@]3(CC3(Cl)Cl)[C@H]2O1. The molecule has 0 radical (unpaired) electrons. The fraction of sp³-hybridized carbons (Fsp3) is 0.647. The van der Waals surface area contributed by atoms with Crippen molar-refractivity contribution in [3.05, 3.63) is 35.9 Å². The summed E-state index contributed by atoms with van der Waals surface area (Å²) >= 11 is 13.0. The molecule has 0 unspecified atom stereocenters. The smallest absolute Gasteiger partial charge is 0.169 e. The van der Waals surface area contributed by atoms with Gasteiger partial charge in [0.2, 0.25) is 0 Å². The average Bonchev–Trinajstić information content (AvgIpc) is 2.90. The Morgan fingerprint density at radius 2 is 1.87 bits per heavy atom. The molecular weight excluding hydrogens is 339 g/mol. The summed E-state index contributed by atoms with van der Waals surface area (Å²) < 4.78 is 23.1. The van der Waals surface area contributed by atoms with Gasteiger partial charge >= 0.3 is 0 Å². The highest BCUT2D eigenvalue weighted by Crippen LogP contribution is 2.72. The van der Waals surface area contributed by atoms with Crippen LogP contribution in [0.2, 0.25) is 0 Å². The second-order valence-electron chi connectivity index (χ2n) is 6.98. The molecule has 0 bridgehead atoms. The van der Waals surface area contributed by atoms with Gasteiger partial charge in [-0.05, 0) is 25.8 Å². The van der Waals surface area contributed by atoms with Gasteiger partial charge in [0.1, 0.15) is 16.5 Å². The summed E-state index contributed by atoms with van der Waals surface area (Å²) in [5, 5.41) is 0. The molecule has 23 heavy (non-hydrogen) atoms. The van der Waals surface area contributed by atoms with Gasteiger partial charge in [-0.3, -0.25) is 0 Å². The van der Waals surface area contributed by atoms with Gasteiger partial charge in [-0.15, -0.1) is 23.2 Å². The summed E-state index contributed by atoms with van der Waals surface area (Å²) in [4.78, 5) is 0. The maximum Gasteiger partial charge on any atom is 0.169 e. The van der Waals surface area contributed by atoms with Crippen molar-refractivity contribution < 1.29 is 18.9 Å². The van der Waals surface area contributed by atoms with Gasteiger partial charge in [-0.25, -0.2) is 0 Å². The Labute approximate surface area is 145 Å². The van der Waals surface area contributed by atoms with Crippen molar-refractivity contribution in [3.8, 4) is 0 Å². The van der Waals surface area contributed by atoms with Crippen molar-refractivity contribution >= 4 is 23.2 Å². The first-order valence-corrected chi connectivity index (χ1v) is 8.60. The zero-order valence-electron chi connectivity index (χ0n) is 13.1. The van der Waals surface area contributed by atoms with E-state index in [1.807, 2.05) is 44.2 Å². The van der Waals surface area contributed by atoms with Crippen LogP contribution >= 0.6 is 23.2 Å². The standard InChI is InChI=1S/C17H20Cl2O4/c1-15(2)22-12-9-21-14(20-8-11-6-4-3-5-7-11)16(13(12)23-15)10-17(16,18)19/h3-7,12-14H,8-10H2,1-2H3/t12-,13-,14-,16-/m0/s1. The summed E-state index contributed by atoms with van der Waals surface area (Å²) in [6.07, 6.45) is -0.317. The van der Waals surface area contributed by atoms with Crippen molar-refractivity contribution in [2.45, 2.75) is 55.5 Å². The third-order valence-corrected chi connectivity index (χ3v) is 5.81. The predicted molar refractivity (Wildman–Crippen MR) is 86.3 cm³/mol. The number of benzene rings is 1. The molecule has 1 spiro atoms. The Morgan fingerprint density at radius 3 is 2.52 bits per heavy atom. The fourth-order valence-electron chi connectivity index (χ4n) is 3.69. The molecule has 0 aromatic heterocycles. The molecule has 2 saturated heterocycles. The van der Waals surface area contributed by atoms with E-state index >= 15 is 0 Å². The zero-order valence-corrected chi connectivity index (χ0v) is 14.6. The Balaban J connectivity index is 1.54. The molecule has 6 heteroatoms. The number of ether oxygens (including phenoxy) is 4. The molecule has 2 heterocycles. The number of halogens is 2.